The average Bonchev–Trinajstić information content (AvgIpc) is 3.20. The van der Waals surface area contributed by atoms with Gasteiger partial charge < -0.3 is 15.5 Å². The number of rotatable bonds is 5. The summed E-state index contributed by atoms with van der Waals surface area (Å²) in [6, 6.07) is 14.2. The lowest BCUT2D eigenvalue weighted by molar-refractivity contribution is 0.415. The number of nitrogens with one attached hydrogen (secondary N) is 1. The van der Waals surface area contributed by atoms with Gasteiger partial charge in [-0.25, -0.2) is 9.97 Å². The third kappa shape index (κ3) is 3.69. The normalized spacial score (nSPS) is 11.0. The van der Waals surface area contributed by atoms with Crippen molar-refractivity contribution in [1.29, 1.82) is 0 Å². The zero-order valence-electron chi connectivity index (χ0n) is 16.7. The molecule has 3 aromatic heterocycles. The van der Waals surface area contributed by atoms with E-state index < -0.39 is 0 Å². The van der Waals surface area contributed by atoms with Gasteiger partial charge >= 0.3 is 0 Å². The van der Waals surface area contributed by atoms with Gasteiger partial charge in [0.1, 0.15) is 5.82 Å². The lowest BCUT2D eigenvalue weighted by Crippen LogP contribution is -1.96. The molecule has 4 aromatic rings. The molecule has 0 saturated heterocycles. The van der Waals surface area contributed by atoms with E-state index in [4.69, 9.17) is 15.5 Å². The standard InChI is InChI=1S/C23H23N5O/c1-14(2)16-5-4-6-17(11-16)23-27-20(15-7-9-25-10-8-15)21(28-23)18-12-19(29-3)22(24)26-13-18/h4-14H,1-3H3,(H2,24,26)(H,27,28). The summed E-state index contributed by atoms with van der Waals surface area (Å²) < 4.78 is 5.35. The van der Waals surface area contributed by atoms with Crippen molar-refractivity contribution in [3.8, 4) is 39.7 Å². The number of imidazole rings is 1. The van der Waals surface area contributed by atoms with Gasteiger partial charge in [0.15, 0.2) is 11.6 Å². The molecule has 29 heavy (non-hydrogen) atoms. The molecule has 0 spiro atoms. The number of pyridine rings is 2. The Kier molecular flexibility index (Phi) is 4.99. The highest BCUT2D eigenvalue weighted by molar-refractivity contribution is 5.81. The van der Waals surface area contributed by atoms with Crippen LogP contribution in [0.2, 0.25) is 0 Å². The van der Waals surface area contributed by atoms with E-state index >= 15 is 0 Å². The summed E-state index contributed by atoms with van der Waals surface area (Å²) >= 11 is 0. The van der Waals surface area contributed by atoms with Crippen LogP contribution in [-0.4, -0.2) is 27.0 Å². The molecule has 3 heterocycles. The molecule has 1 aromatic carbocycles. The van der Waals surface area contributed by atoms with Crippen LogP contribution in [0.3, 0.4) is 0 Å². The number of H-pyrrole nitrogens is 1. The van der Waals surface area contributed by atoms with E-state index in [9.17, 15) is 0 Å². The van der Waals surface area contributed by atoms with Gasteiger partial charge in [-0.05, 0) is 35.7 Å². The van der Waals surface area contributed by atoms with E-state index in [1.54, 1.807) is 25.7 Å². The van der Waals surface area contributed by atoms with Crippen LogP contribution in [0.25, 0.3) is 33.9 Å². The minimum atomic E-state index is 0.353. The molecule has 0 bridgehead atoms. The third-order valence-corrected chi connectivity index (χ3v) is 4.87. The van der Waals surface area contributed by atoms with Crippen molar-refractivity contribution in [3.05, 3.63) is 66.6 Å². The zero-order chi connectivity index (χ0) is 20.4. The summed E-state index contributed by atoms with van der Waals surface area (Å²) in [5, 5.41) is 0. The Morgan fingerprint density at radius 2 is 1.79 bits per heavy atom. The summed E-state index contributed by atoms with van der Waals surface area (Å²) in [5.74, 6) is 2.12. The first kappa shape index (κ1) is 18.7. The number of ether oxygens (including phenoxy) is 1. The first-order valence-corrected chi connectivity index (χ1v) is 9.47. The maximum absolute atomic E-state index is 5.90. The molecule has 0 fully saturated rings. The molecular weight excluding hydrogens is 362 g/mol. The van der Waals surface area contributed by atoms with Crippen molar-refractivity contribution in [1.82, 2.24) is 19.9 Å². The van der Waals surface area contributed by atoms with Gasteiger partial charge in [-0.15, -0.1) is 0 Å². The van der Waals surface area contributed by atoms with E-state index in [-0.39, 0.29) is 0 Å². The Bertz CT molecular complexity index is 1140. The summed E-state index contributed by atoms with van der Waals surface area (Å²) in [6.07, 6.45) is 5.24. The van der Waals surface area contributed by atoms with E-state index in [0.717, 1.165) is 33.9 Å². The molecular formula is C23H23N5O. The van der Waals surface area contributed by atoms with Crippen LogP contribution in [0.15, 0.2) is 61.1 Å². The van der Waals surface area contributed by atoms with Crippen LogP contribution in [-0.2, 0) is 0 Å². The lowest BCUT2D eigenvalue weighted by atomic mass is 10.0. The Hall–Kier alpha value is -3.67. The summed E-state index contributed by atoms with van der Waals surface area (Å²) in [5.41, 5.74) is 11.7. The number of nitrogens with two attached hydrogens (primary N) is 1. The number of aromatic nitrogens is 4. The van der Waals surface area contributed by atoms with Crippen molar-refractivity contribution < 1.29 is 4.74 Å². The monoisotopic (exact) mass is 385 g/mol. The van der Waals surface area contributed by atoms with E-state index in [1.807, 2.05) is 18.2 Å². The number of methoxy groups -OCH3 is 1. The Labute approximate surface area is 169 Å². The number of aromatic amines is 1. The summed E-state index contributed by atoms with van der Waals surface area (Å²) in [6.45, 7) is 4.36. The van der Waals surface area contributed by atoms with Gasteiger partial charge in [0.25, 0.3) is 0 Å². The predicted octanol–water partition coefficient (Wildman–Crippen LogP) is 4.91. The maximum atomic E-state index is 5.90. The third-order valence-electron chi connectivity index (χ3n) is 4.87. The van der Waals surface area contributed by atoms with Gasteiger partial charge in [0, 0.05) is 35.3 Å². The minimum absolute atomic E-state index is 0.353. The topological polar surface area (TPSA) is 89.7 Å². The molecule has 6 nitrogen and oxygen atoms in total. The van der Waals surface area contributed by atoms with Crippen molar-refractivity contribution in [2.75, 3.05) is 12.8 Å². The highest BCUT2D eigenvalue weighted by Gasteiger charge is 2.17. The van der Waals surface area contributed by atoms with Crippen molar-refractivity contribution in [2.24, 2.45) is 0 Å². The van der Waals surface area contributed by atoms with Gasteiger partial charge in [0.2, 0.25) is 0 Å². The van der Waals surface area contributed by atoms with Gasteiger partial charge in [-0.1, -0.05) is 32.0 Å². The number of nitrogens with zero attached hydrogens (tertiary/aromatic N) is 3. The van der Waals surface area contributed by atoms with Gasteiger partial charge in [-0.2, -0.15) is 0 Å². The van der Waals surface area contributed by atoms with Crippen molar-refractivity contribution in [2.45, 2.75) is 19.8 Å². The lowest BCUT2D eigenvalue weighted by Gasteiger charge is -2.07. The fraction of sp³-hybridized carbons (Fsp3) is 0.174. The van der Waals surface area contributed by atoms with E-state index in [2.05, 4.69) is 53.1 Å². The molecule has 0 radical (unpaired) electrons. The maximum Gasteiger partial charge on any atom is 0.166 e. The smallest absolute Gasteiger partial charge is 0.166 e. The number of hydrogen-bond acceptors (Lipinski definition) is 5. The van der Waals surface area contributed by atoms with Gasteiger partial charge in [0.05, 0.1) is 18.5 Å². The van der Waals surface area contributed by atoms with E-state index in [1.165, 1.54) is 5.56 Å². The molecule has 0 saturated carbocycles. The minimum Gasteiger partial charge on any atom is -0.493 e. The Morgan fingerprint density at radius 3 is 2.52 bits per heavy atom. The molecule has 0 aliphatic rings. The second-order valence-corrected chi connectivity index (χ2v) is 7.14. The van der Waals surface area contributed by atoms with Crippen LogP contribution < -0.4 is 10.5 Å². The number of anilines is 1. The first-order chi connectivity index (χ1) is 14.1. The molecule has 0 atom stereocenters. The fourth-order valence-electron chi connectivity index (χ4n) is 3.24. The van der Waals surface area contributed by atoms with Crippen LogP contribution in [0.4, 0.5) is 5.82 Å². The Morgan fingerprint density at radius 1 is 1.00 bits per heavy atom. The first-order valence-electron chi connectivity index (χ1n) is 9.47. The number of nitrogen functional groups attached to an aromatic ring is 1. The predicted molar refractivity (Wildman–Crippen MR) is 116 cm³/mol. The molecule has 0 unspecified atom stereocenters. The summed E-state index contributed by atoms with van der Waals surface area (Å²) in [4.78, 5) is 16.8. The molecule has 0 aliphatic heterocycles. The van der Waals surface area contributed by atoms with Crippen molar-refractivity contribution in [3.63, 3.8) is 0 Å². The second kappa shape index (κ2) is 7.75. The molecule has 6 heteroatoms. The average molecular weight is 385 g/mol. The van der Waals surface area contributed by atoms with Crippen LogP contribution >= 0.6 is 0 Å². The van der Waals surface area contributed by atoms with Crippen molar-refractivity contribution >= 4 is 5.82 Å². The Balaban J connectivity index is 1.89. The molecule has 0 amide bonds. The SMILES string of the molecule is COc1cc(-c2[nH]c(-c3cccc(C(C)C)c3)nc2-c2ccncc2)cnc1N. The van der Waals surface area contributed by atoms with Crippen LogP contribution in [0.1, 0.15) is 25.3 Å². The largest absolute Gasteiger partial charge is 0.493 e. The number of hydrogen-bond donors (Lipinski definition) is 2. The highest BCUT2D eigenvalue weighted by Crippen LogP contribution is 2.35. The van der Waals surface area contributed by atoms with E-state index in [0.29, 0.717) is 17.5 Å². The molecule has 0 aliphatic carbocycles. The second-order valence-electron chi connectivity index (χ2n) is 7.14. The van der Waals surface area contributed by atoms with Crippen LogP contribution in [0, 0.1) is 0 Å². The fourth-order valence-corrected chi connectivity index (χ4v) is 3.24. The zero-order valence-corrected chi connectivity index (χ0v) is 16.7. The number of benzene rings is 1. The highest BCUT2D eigenvalue weighted by atomic mass is 16.5. The summed E-state index contributed by atoms with van der Waals surface area (Å²) in [7, 11) is 1.58. The molecule has 4 rings (SSSR count). The molecule has 146 valence electrons. The quantitative estimate of drug-likeness (QED) is 0.509. The van der Waals surface area contributed by atoms with Crippen LogP contribution in [0.5, 0.6) is 5.75 Å². The van der Waals surface area contributed by atoms with Gasteiger partial charge in [-0.3, -0.25) is 4.98 Å². The molecule has 3 N–H and O–H groups in total.